The molecule has 0 saturated heterocycles. The number of ketones is 1. The fraction of sp³-hybridized carbons (Fsp3) is 0.319. The molecular weight excluding hydrogens is 829 g/mol. The zero-order valence-electron chi connectivity index (χ0n) is 36.6. The van der Waals surface area contributed by atoms with E-state index in [0.29, 0.717) is 17.5 Å². The van der Waals surface area contributed by atoms with Crippen LogP contribution < -0.4 is 20.2 Å². The molecule has 0 unspecified atom stereocenters. The molecule has 0 saturated carbocycles. The van der Waals surface area contributed by atoms with Gasteiger partial charge in [0.15, 0.2) is 20.4 Å². The van der Waals surface area contributed by atoms with Gasteiger partial charge in [0.1, 0.15) is 5.82 Å². The fourth-order valence-corrected chi connectivity index (χ4v) is 11.9. The van der Waals surface area contributed by atoms with Crippen molar-refractivity contribution < 1.29 is 36.4 Å². The Morgan fingerprint density at radius 1 is 0.820 bits per heavy atom. The number of anilines is 1. The maximum absolute atomic E-state index is 13.9. The molecule has 10 nitrogen and oxygen atoms in total. The van der Waals surface area contributed by atoms with Gasteiger partial charge in [-0.15, -0.1) is 0 Å². The molecule has 1 aromatic heterocycles. The fourth-order valence-electron chi connectivity index (χ4n) is 6.32. The van der Waals surface area contributed by atoms with E-state index >= 15 is 0 Å². The second kappa shape index (κ2) is 20.7. The normalized spacial score (nSPS) is 12.5. The molecule has 0 aliphatic carbocycles. The van der Waals surface area contributed by atoms with Gasteiger partial charge in [0, 0.05) is 19.0 Å². The third-order valence-corrected chi connectivity index (χ3v) is 20.4. The molecule has 1 atom stereocenters. The van der Waals surface area contributed by atoms with Gasteiger partial charge in [0.2, 0.25) is 16.0 Å². The van der Waals surface area contributed by atoms with Gasteiger partial charge in [-0.05, 0) is 76.9 Å². The number of Topliss-reactive ketones (excluding diaryl/α,β-unsaturated/α-hetero) is 1. The van der Waals surface area contributed by atoms with Gasteiger partial charge < -0.3 is 9.16 Å². The molecule has 5 aromatic rings. The van der Waals surface area contributed by atoms with E-state index in [2.05, 4.69) is 80.2 Å². The number of aromatic nitrogens is 2. The van der Waals surface area contributed by atoms with Gasteiger partial charge >= 0.3 is 5.97 Å². The predicted octanol–water partition coefficient (Wildman–Crippen LogP) is 8.31. The molecule has 0 radical (unpaired) electrons. The quantitative estimate of drug-likeness (QED) is 0.0441. The Labute approximate surface area is 361 Å². The summed E-state index contributed by atoms with van der Waals surface area (Å²) in [4.78, 5) is 46.3. The van der Waals surface area contributed by atoms with Crippen LogP contribution in [0.3, 0.4) is 0 Å². The highest BCUT2D eigenvalue weighted by molar-refractivity contribution is 7.95. The Morgan fingerprint density at radius 3 is 1.69 bits per heavy atom. The first-order valence-electron chi connectivity index (χ1n) is 19.9. The second-order valence-electron chi connectivity index (χ2n) is 16.5. The third-order valence-electron chi connectivity index (χ3n) is 10.7. The number of methoxy groups -OCH3 is 1. The lowest BCUT2D eigenvalue weighted by Crippen LogP contribution is -2.45. The zero-order valence-corrected chi connectivity index (χ0v) is 39.3. The van der Waals surface area contributed by atoms with Gasteiger partial charge in [0.05, 0.1) is 42.8 Å². The van der Waals surface area contributed by atoms with E-state index in [4.69, 9.17) is 9.16 Å². The van der Waals surface area contributed by atoms with Crippen LogP contribution in [0, 0.1) is 5.82 Å². The van der Waals surface area contributed by atoms with Crippen molar-refractivity contribution in [3.63, 3.8) is 0 Å². The molecule has 0 bridgehead atoms. The highest BCUT2D eigenvalue weighted by atomic mass is 32.2. The van der Waals surface area contributed by atoms with E-state index in [-0.39, 0.29) is 52.8 Å². The number of rotatable bonds is 15. The van der Waals surface area contributed by atoms with Crippen LogP contribution in [-0.4, -0.2) is 77.1 Å². The molecule has 14 heteroatoms. The lowest BCUT2D eigenvalue weighted by molar-refractivity contribution is -0.142. The van der Waals surface area contributed by atoms with Crippen molar-refractivity contribution in [2.45, 2.75) is 77.6 Å². The molecule has 61 heavy (non-hydrogen) atoms. The predicted molar refractivity (Wildman–Crippen MR) is 250 cm³/mol. The van der Waals surface area contributed by atoms with E-state index in [9.17, 15) is 27.2 Å². The first-order chi connectivity index (χ1) is 28.6. The SMILES string of the molecule is CC(C)c1nc(N(C)S(C)(=O)=O)nc(-c2ccc(F)cc2)c1C=O.COC(=O)C[C@H](CC(=O)C=P(c1ccccc1)(c1ccccc1)c1ccccc1)O[Si](C)(C)C(C)(C)C. The molecule has 0 fully saturated rings. The Balaban J connectivity index is 0.000000294. The monoisotopic (exact) mass is 885 g/mol. The van der Waals surface area contributed by atoms with E-state index in [1.807, 2.05) is 74.2 Å². The standard InChI is InChI=1S/C31H39O4PSi.C16H18FN3O3S/c1-31(2,3)37(5,6)35-26(23-30(33)34-4)22-25(32)24-36(27-16-10-7-11-17-27,28-18-12-8-13-19-28)29-20-14-9-15-21-29;1-10(2)14-13(9-21)15(11-5-7-12(17)8-6-11)19-16(18-14)20(3)24(4,22)23/h7-21,24,26H,22-23H2,1-6H3;5-10H,1-4H3/t26-;/m0./s1. The Kier molecular flexibility index (Phi) is 16.5. The van der Waals surface area contributed by atoms with E-state index < -0.39 is 37.1 Å². The summed E-state index contributed by atoms with van der Waals surface area (Å²) in [5.41, 5.74) is 1.48. The van der Waals surface area contributed by atoms with Crippen molar-refractivity contribution in [1.29, 1.82) is 0 Å². The van der Waals surface area contributed by atoms with Crippen LogP contribution in [0.2, 0.25) is 18.1 Å². The van der Waals surface area contributed by atoms with E-state index in [1.54, 1.807) is 0 Å². The second-order valence-corrected chi connectivity index (χ2v) is 26.5. The topological polar surface area (TPSA) is 133 Å². The Bertz CT molecular complexity index is 2340. The van der Waals surface area contributed by atoms with Crippen molar-refractivity contribution >= 4 is 70.9 Å². The van der Waals surface area contributed by atoms with Gasteiger partial charge in [-0.25, -0.2) is 27.1 Å². The van der Waals surface area contributed by atoms with Crippen molar-refractivity contribution in [3.05, 3.63) is 132 Å². The summed E-state index contributed by atoms with van der Waals surface area (Å²) < 4.78 is 49.2. The summed E-state index contributed by atoms with van der Waals surface area (Å²) in [6.07, 6.45) is 1.31. The average Bonchev–Trinajstić information content (AvgIpc) is 3.22. The molecule has 0 N–H and O–H groups in total. The molecule has 4 aromatic carbocycles. The summed E-state index contributed by atoms with van der Waals surface area (Å²) >= 11 is 0. The van der Waals surface area contributed by atoms with Gasteiger partial charge in [-0.3, -0.25) is 14.4 Å². The molecule has 0 aliphatic rings. The number of esters is 1. The smallest absolute Gasteiger partial charge is 0.308 e. The summed E-state index contributed by atoms with van der Waals surface area (Å²) in [6.45, 7) is 12.0. The first-order valence-corrected chi connectivity index (χ1v) is 26.5. The van der Waals surface area contributed by atoms with Crippen molar-refractivity contribution in [2.75, 3.05) is 24.7 Å². The number of aldehydes is 1. The number of carbonyl (C=O) groups is 3. The number of hydrogen-bond acceptors (Lipinski definition) is 9. The zero-order chi connectivity index (χ0) is 45.2. The van der Waals surface area contributed by atoms with Crippen LogP contribution >= 0.6 is 6.89 Å². The molecule has 1 heterocycles. The summed E-state index contributed by atoms with van der Waals surface area (Å²) in [6, 6.07) is 36.2. The van der Waals surface area contributed by atoms with Gasteiger partial charge in [0.25, 0.3) is 0 Å². The highest BCUT2D eigenvalue weighted by Gasteiger charge is 2.40. The molecule has 0 aliphatic heterocycles. The molecule has 5 rings (SSSR count). The Morgan fingerprint density at radius 2 is 1.30 bits per heavy atom. The summed E-state index contributed by atoms with van der Waals surface area (Å²) in [7, 11) is -3.08. The lowest BCUT2D eigenvalue weighted by atomic mass is 9.99. The number of benzene rings is 4. The van der Waals surface area contributed by atoms with Crippen molar-refractivity contribution in [1.82, 2.24) is 9.97 Å². The van der Waals surface area contributed by atoms with Crippen LogP contribution in [0.1, 0.15) is 69.4 Å². The highest BCUT2D eigenvalue weighted by Crippen LogP contribution is 2.44. The largest absolute Gasteiger partial charge is 0.469 e. The molecule has 324 valence electrons. The van der Waals surface area contributed by atoms with Crippen LogP contribution in [-0.2, 0) is 28.8 Å². The number of sulfonamides is 1. The number of carbonyl (C=O) groups excluding carboxylic acids is 3. The van der Waals surface area contributed by atoms with E-state index in [0.717, 1.165) is 26.5 Å². The number of ether oxygens (including phenoxy) is 1. The number of hydrogen-bond donors (Lipinski definition) is 0. The van der Waals surface area contributed by atoms with E-state index in [1.165, 1.54) is 38.4 Å². The number of nitrogens with zero attached hydrogens (tertiary/aromatic N) is 3. The molecular formula is C47H57FN3O7PSSi. The maximum atomic E-state index is 13.9. The minimum Gasteiger partial charge on any atom is -0.469 e. The molecule has 0 amide bonds. The maximum Gasteiger partial charge on any atom is 0.308 e. The lowest BCUT2D eigenvalue weighted by Gasteiger charge is -2.39. The van der Waals surface area contributed by atoms with Crippen molar-refractivity contribution in [2.24, 2.45) is 0 Å². The van der Waals surface area contributed by atoms with Gasteiger partial charge in [-0.1, -0.05) is 126 Å². The van der Waals surface area contributed by atoms with Crippen LogP contribution in [0.25, 0.3) is 11.3 Å². The minimum atomic E-state index is -3.56. The minimum absolute atomic E-state index is 0.0301. The first kappa shape index (κ1) is 48.6. The van der Waals surface area contributed by atoms with Crippen LogP contribution in [0.5, 0.6) is 0 Å². The summed E-state index contributed by atoms with van der Waals surface area (Å²) in [5, 5.41) is 3.27. The van der Waals surface area contributed by atoms with Gasteiger partial charge in [-0.2, -0.15) is 0 Å². The number of halogens is 1. The third kappa shape index (κ3) is 12.3. The summed E-state index contributed by atoms with van der Waals surface area (Å²) in [5.74, 6) is 0.944. The molecule has 0 spiro atoms. The average molecular weight is 886 g/mol. The Hall–Kier alpha value is -5.07. The van der Waals surface area contributed by atoms with Crippen LogP contribution in [0.4, 0.5) is 10.3 Å². The van der Waals surface area contributed by atoms with Crippen molar-refractivity contribution in [3.8, 4) is 11.3 Å². The van der Waals surface area contributed by atoms with Crippen LogP contribution in [0.15, 0.2) is 115 Å².